The summed E-state index contributed by atoms with van der Waals surface area (Å²) in [4.78, 5) is 14.2. The van der Waals surface area contributed by atoms with Crippen molar-refractivity contribution in [3.05, 3.63) is 75.8 Å². The highest BCUT2D eigenvalue weighted by Gasteiger charge is 2.61. The van der Waals surface area contributed by atoms with Crippen molar-refractivity contribution in [3.63, 3.8) is 0 Å². The zero-order chi connectivity index (χ0) is 22.6. The topological polar surface area (TPSA) is 85.4 Å². The van der Waals surface area contributed by atoms with Crippen LogP contribution in [0.2, 0.25) is 0 Å². The highest BCUT2D eigenvalue weighted by atomic mass is 19.4. The lowest BCUT2D eigenvalue weighted by Gasteiger charge is -2.44. The van der Waals surface area contributed by atoms with E-state index in [-0.39, 0.29) is 27.9 Å². The van der Waals surface area contributed by atoms with E-state index in [1.54, 1.807) is 6.07 Å². The van der Waals surface area contributed by atoms with Crippen LogP contribution in [-0.4, -0.2) is 27.0 Å². The summed E-state index contributed by atoms with van der Waals surface area (Å²) in [6, 6.07) is 7.38. The van der Waals surface area contributed by atoms with E-state index >= 15 is 0 Å². The number of halogens is 4. The maximum Gasteiger partial charge on any atom is 0.419 e. The fourth-order valence-corrected chi connectivity index (χ4v) is 4.03. The lowest BCUT2D eigenvalue weighted by atomic mass is 9.72. The van der Waals surface area contributed by atoms with Gasteiger partial charge in [0.2, 0.25) is 5.56 Å². The summed E-state index contributed by atoms with van der Waals surface area (Å²) in [5, 5.41) is 23.8. The number of rotatable bonds is 2. The molecule has 0 fully saturated rings. The number of alkyl halides is 3. The molecule has 0 bridgehead atoms. The SMILES string of the molecule is CC=C1CC(O)(C(F)(F)F)C(Nc2cccc3[nH]c(=O)ccc23)c2cc(F)c(O)cc21. The van der Waals surface area contributed by atoms with Crippen LogP contribution in [-0.2, 0) is 0 Å². The first-order valence-electron chi connectivity index (χ1n) is 9.41. The Morgan fingerprint density at radius 3 is 2.65 bits per heavy atom. The number of pyridine rings is 1. The van der Waals surface area contributed by atoms with Crippen LogP contribution < -0.4 is 10.9 Å². The quantitative estimate of drug-likeness (QED) is 0.443. The van der Waals surface area contributed by atoms with Crippen molar-refractivity contribution in [3.8, 4) is 5.75 Å². The number of aromatic amines is 1. The second kappa shape index (κ2) is 7.12. The molecular formula is C22H18F4N2O3. The summed E-state index contributed by atoms with van der Waals surface area (Å²) in [5.41, 5.74) is -2.84. The van der Waals surface area contributed by atoms with Crippen LogP contribution >= 0.6 is 0 Å². The molecule has 0 aliphatic heterocycles. The molecule has 0 spiro atoms. The largest absolute Gasteiger partial charge is 0.505 e. The van der Waals surface area contributed by atoms with Gasteiger partial charge in [-0.15, -0.1) is 0 Å². The smallest absolute Gasteiger partial charge is 0.419 e. The Bertz CT molecular complexity index is 1270. The summed E-state index contributed by atoms with van der Waals surface area (Å²) in [6.07, 6.45) is -4.44. The average molecular weight is 434 g/mol. The molecule has 0 saturated carbocycles. The monoisotopic (exact) mass is 434 g/mol. The predicted molar refractivity (Wildman–Crippen MR) is 108 cm³/mol. The third-order valence-electron chi connectivity index (χ3n) is 5.62. The number of phenolic OH excluding ortho intramolecular Hbond substituents is 1. The molecular weight excluding hydrogens is 416 g/mol. The molecule has 4 N–H and O–H groups in total. The van der Waals surface area contributed by atoms with E-state index < -0.39 is 35.8 Å². The number of anilines is 1. The summed E-state index contributed by atoms with van der Waals surface area (Å²) >= 11 is 0. The van der Waals surface area contributed by atoms with Gasteiger partial charge in [-0.2, -0.15) is 13.2 Å². The number of aromatic hydroxyl groups is 1. The van der Waals surface area contributed by atoms with E-state index in [0.717, 1.165) is 12.1 Å². The van der Waals surface area contributed by atoms with E-state index in [1.807, 2.05) is 0 Å². The maximum absolute atomic E-state index is 14.2. The minimum Gasteiger partial charge on any atom is -0.505 e. The zero-order valence-corrected chi connectivity index (χ0v) is 16.2. The average Bonchev–Trinajstić information content (AvgIpc) is 2.70. The Morgan fingerprint density at radius 1 is 1.23 bits per heavy atom. The molecule has 1 aliphatic rings. The Kier molecular flexibility index (Phi) is 4.81. The number of aliphatic hydroxyl groups is 1. The van der Waals surface area contributed by atoms with Gasteiger partial charge in [0.1, 0.15) is 0 Å². The molecule has 1 heterocycles. The third kappa shape index (κ3) is 3.34. The van der Waals surface area contributed by atoms with Crippen LogP contribution in [0.15, 0.2) is 53.3 Å². The number of phenols is 1. The molecule has 1 aliphatic carbocycles. The third-order valence-corrected chi connectivity index (χ3v) is 5.62. The van der Waals surface area contributed by atoms with Crippen molar-refractivity contribution in [2.75, 3.05) is 5.32 Å². The molecule has 9 heteroatoms. The van der Waals surface area contributed by atoms with Gasteiger partial charge in [0.15, 0.2) is 17.2 Å². The summed E-state index contributed by atoms with van der Waals surface area (Å²) in [6.45, 7) is 1.51. The number of H-pyrrole nitrogens is 1. The van der Waals surface area contributed by atoms with E-state index in [9.17, 15) is 32.6 Å². The number of hydrogen-bond acceptors (Lipinski definition) is 4. The summed E-state index contributed by atoms with van der Waals surface area (Å²) in [5.74, 6) is -1.80. The maximum atomic E-state index is 14.2. The fourth-order valence-electron chi connectivity index (χ4n) is 4.03. The lowest BCUT2D eigenvalue weighted by Crippen LogP contribution is -2.54. The number of benzene rings is 2. The van der Waals surface area contributed by atoms with Gasteiger partial charge in [0.25, 0.3) is 0 Å². The van der Waals surface area contributed by atoms with E-state index in [4.69, 9.17) is 0 Å². The minimum absolute atomic E-state index is 0.130. The first kappa shape index (κ1) is 20.9. The number of fused-ring (bicyclic) bond motifs is 2. The minimum atomic E-state index is -5.05. The van der Waals surface area contributed by atoms with Crippen LogP contribution in [0.1, 0.15) is 30.5 Å². The first-order chi connectivity index (χ1) is 14.5. The Hall–Kier alpha value is -3.33. The van der Waals surface area contributed by atoms with E-state index in [2.05, 4.69) is 10.3 Å². The number of nitrogens with one attached hydrogen (secondary N) is 2. The Labute approximate surface area is 173 Å². The lowest BCUT2D eigenvalue weighted by molar-refractivity contribution is -0.265. The van der Waals surface area contributed by atoms with Crippen molar-refractivity contribution in [2.24, 2.45) is 0 Å². The van der Waals surface area contributed by atoms with Crippen molar-refractivity contribution < 1.29 is 27.8 Å². The fraction of sp³-hybridized carbons (Fsp3) is 0.227. The second-order valence-corrected chi connectivity index (χ2v) is 7.47. The number of aromatic nitrogens is 1. The molecule has 2 unspecified atom stereocenters. The van der Waals surface area contributed by atoms with Gasteiger partial charge in [-0.1, -0.05) is 12.1 Å². The van der Waals surface area contributed by atoms with E-state index in [1.165, 1.54) is 37.3 Å². The van der Waals surface area contributed by atoms with Crippen molar-refractivity contribution in [1.82, 2.24) is 4.98 Å². The van der Waals surface area contributed by atoms with Crippen LogP contribution in [0, 0.1) is 5.82 Å². The van der Waals surface area contributed by atoms with Crippen LogP contribution in [0.4, 0.5) is 23.2 Å². The van der Waals surface area contributed by atoms with Crippen molar-refractivity contribution >= 4 is 22.2 Å². The molecule has 2 aromatic carbocycles. The molecule has 3 aromatic rings. The number of hydrogen-bond donors (Lipinski definition) is 4. The van der Waals surface area contributed by atoms with Crippen LogP contribution in [0.3, 0.4) is 0 Å². The molecule has 4 rings (SSSR count). The Morgan fingerprint density at radius 2 is 1.97 bits per heavy atom. The normalized spacial score (nSPS) is 22.5. The van der Waals surface area contributed by atoms with Gasteiger partial charge in [0.05, 0.1) is 11.6 Å². The highest BCUT2D eigenvalue weighted by molar-refractivity contribution is 5.91. The first-order valence-corrected chi connectivity index (χ1v) is 9.41. The molecule has 31 heavy (non-hydrogen) atoms. The molecule has 0 saturated heterocycles. The molecule has 0 amide bonds. The van der Waals surface area contributed by atoms with Crippen LogP contribution in [0.25, 0.3) is 16.5 Å². The standard InChI is InChI=1S/C22H18F4N2O3/c1-2-11-10-21(31,22(24,25)26)20(14-8-15(23)18(29)9-13(11)14)28-17-5-3-4-16-12(17)6-7-19(30)27-16/h2-9,20,28-29,31H,10H2,1H3,(H,27,30). The number of allylic oxidation sites excluding steroid dienone is 1. The molecule has 5 nitrogen and oxygen atoms in total. The van der Waals surface area contributed by atoms with Gasteiger partial charge in [-0.3, -0.25) is 4.79 Å². The molecule has 2 atom stereocenters. The van der Waals surface area contributed by atoms with Gasteiger partial charge in [0, 0.05) is 23.6 Å². The van der Waals surface area contributed by atoms with Gasteiger partial charge in [-0.05, 0) is 54.0 Å². The van der Waals surface area contributed by atoms with Gasteiger partial charge >= 0.3 is 6.18 Å². The van der Waals surface area contributed by atoms with Crippen molar-refractivity contribution in [1.29, 1.82) is 0 Å². The van der Waals surface area contributed by atoms with Gasteiger partial charge < -0.3 is 20.5 Å². The zero-order valence-electron chi connectivity index (χ0n) is 16.2. The summed E-state index contributed by atoms with van der Waals surface area (Å²) in [7, 11) is 0. The van der Waals surface area contributed by atoms with Gasteiger partial charge in [-0.25, -0.2) is 4.39 Å². The van der Waals surface area contributed by atoms with Crippen LogP contribution in [0.5, 0.6) is 5.75 Å². The highest BCUT2D eigenvalue weighted by Crippen LogP contribution is 2.53. The Balaban J connectivity index is 1.96. The predicted octanol–water partition coefficient (Wildman–Crippen LogP) is 4.63. The summed E-state index contributed by atoms with van der Waals surface area (Å²) < 4.78 is 56.6. The molecule has 1 aromatic heterocycles. The van der Waals surface area contributed by atoms with Crippen molar-refractivity contribution in [2.45, 2.75) is 31.2 Å². The van der Waals surface area contributed by atoms with E-state index in [0.29, 0.717) is 10.9 Å². The second-order valence-electron chi connectivity index (χ2n) is 7.47. The molecule has 0 radical (unpaired) electrons. The molecule has 162 valence electrons.